The molecule has 6 heteroatoms. The van der Waals surface area contributed by atoms with Gasteiger partial charge in [-0.2, -0.15) is 0 Å². The molecular weight excluding hydrogens is 192 g/mol. The lowest BCUT2D eigenvalue weighted by Gasteiger charge is -1.73. The molecule has 0 saturated carbocycles. The number of rotatable bonds is 4. The highest BCUT2D eigenvalue weighted by atomic mass is 16.4. The number of aliphatic hydroxyl groups is 2. The molecule has 0 aliphatic rings. The maximum absolute atomic E-state index is 9.56. The van der Waals surface area contributed by atoms with E-state index in [9.17, 15) is 9.59 Å². The Morgan fingerprint density at radius 2 is 1.14 bits per heavy atom. The molecule has 0 amide bonds. The summed E-state index contributed by atoms with van der Waals surface area (Å²) in [6, 6.07) is 0. The maximum atomic E-state index is 9.56. The van der Waals surface area contributed by atoms with Gasteiger partial charge < -0.3 is 20.4 Å². The first-order valence-corrected chi connectivity index (χ1v) is 3.55. The molecule has 0 aromatic carbocycles. The lowest BCUT2D eigenvalue weighted by atomic mass is 10.5. The van der Waals surface area contributed by atoms with Crippen LogP contribution < -0.4 is 0 Å². The van der Waals surface area contributed by atoms with Crippen molar-refractivity contribution in [3.05, 3.63) is 24.3 Å². The first kappa shape index (κ1) is 14.8. The highest BCUT2D eigenvalue weighted by Gasteiger charge is 1.80. The molecule has 0 saturated heterocycles. The Bertz CT molecular complexity index is 194. The van der Waals surface area contributed by atoms with Crippen molar-refractivity contribution in [3.63, 3.8) is 0 Å². The predicted molar refractivity (Wildman–Crippen MR) is 47.7 cm³/mol. The third kappa shape index (κ3) is 22.4. The van der Waals surface area contributed by atoms with E-state index < -0.39 is 11.9 Å². The average Bonchev–Trinajstić information content (AvgIpc) is 2.12. The van der Waals surface area contributed by atoms with Crippen LogP contribution in [0.1, 0.15) is 0 Å². The molecular formula is C8H12O6. The van der Waals surface area contributed by atoms with Gasteiger partial charge in [-0.25, -0.2) is 9.59 Å². The minimum Gasteiger partial charge on any atom is -0.478 e. The van der Waals surface area contributed by atoms with E-state index in [-0.39, 0.29) is 13.2 Å². The van der Waals surface area contributed by atoms with Crippen LogP contribution in [0.3, 0.4) is 0 Å². The summed E-state index contributed by atoms with van der Waals surface area (Å²) in [4.78, 5) is 19.1. The number of hydrogen-bond donors (Lipinski definition) is 4. The van der Waals surface area contributed by atoms with Gasteiger partial charge in [0, 0.05) is 12.2 Å². The SMILES string of the molecule is O=C(O)/C=C/CO.O=C(O)/C=C/CO. The van der Waals surface area contributed by atoms with Crippen LogP contribution in [-0.2, 0) is 9.59 Å². The molecule has 0 atom stereocenters. The van der Waals surface area contributed by atoms with Gasteiger partial charge in [0.15, 0.2) is 0 Å². The van der Waals surface area contributed by atoms with Gasteiger partial charge in [0.2, 0.25) is 0 Å². The van der Waals surface area contributed by atoms with Gasteiger partial charge in [0.25, 0.3) is 0 Å². The standard InChI is InChI=1S/2C4H6O3/c2*5-3-1-2-4(6)7/h2*1-2,5H,3H2,(H,6,7)/b2*2-1+. The second-order valence-electron chi connectivity index (χ2n) is 1.85. The van der Waals surface area contributed by atoms with Gasteiger partial charge >= 0.3 is 11.9 Å². The molecule has 0 rings (SSSR count). The second kappa shape index (κ2) is 11.3. The van der Waals surface area contributed by atoms with E-state index in [0.717, 1.165) is 24.3 Å². The molecule has 6 nitrogen and oxygen atoms in total. The normalized spacial score (nSPS) is 9.86. The third-order valence-electron chi connectivity index (χ3n) is 0.732. The largest absolute Gasteiger partial charge is 0.478 e. The molecule has 80 valence electrons. The van der Waals surface area contributed by atoms with Gasteiger partial charge in [0.1, 0.15) is 0 Å². The predicted octanol–water partition coefficient (Wildman–Crippen LogP) is -0.761. The second-order valence-corrected chi connectivity index (χ2v) is 1.85. The van der Waals surface area contributed by atoms with Crippen molar-refractivity contribution in [2.75, 3.05) is 13.2 Å². The summed E-state index contributed by atoms with van der Waals surface area (Å²) in [5, 5.41) is 31.6. The highest BCUT2D eigenvalue weighted by Crippen LogP contribution is 1.67. The van der Waals surface area contributed by atoms with Crippen molar-refractivity contribution in [1.29, 1.82) is 0 Å². The summed E-state index contributed by atoms with van der Waals surface area (Å²) in [5.41, 5.74) is 0. The molecule has 0 aromatic rings. The molecule has 0 unspecified atom stereocenters. The topological polar surface area (TPSA) is 115 Å². The van der Waals surface area contributed by atoms with Gasteiger partial charge in [-0.3, -0.25) is 0 Å². The summed E-state index contributed by atoms with van der Waals surface area (Å²) in [5.74, 6) is -2.07. The van der Waals surface area contributed by atoms with Crippen LogP contribution in [0.25, 0.3) is 0 Å². The lowest BCUT2D eigenvalue weighted by Crippen LogP contribution is -1.86. The quantitative estimate of drug-likeness (QED) is 0.447. The van der Waals surface area contributed by atoms with Crippen LogP contribution in [0.5, 0.6) is 0 Å². The number of aliphatic hydroxyl groups excluding tert-OH is 2. The zero-order valence-corrected chi connectivity index (χ0v) is 7.33. The van der Waals surface area contributed by atoms with E-state index in [2.05, 4.69) is 0 Å². The lowest BCUT2D eigenvalue weighted by molar-refractivity contribution is -0.132. The molecule has 0 aromatic heterocycles. The van der Waals surface area contributed by atoms with Crippen molar-refractivity contribution in [1.82, 2.24) is 0 Å². The number of hydrogen-bond acceptors (Lipinski definition) is 4. The Hall–Kier alpha value is -1.66. The Morgan fingerprint density at radius 3 is 1.21 bits per heavy atom. The van der Waals surface area contributed by atoms with E-state index in [4.69, 9.17) is 20.4 Å². The maximum Gasteiger partial charge on any atom is 0.328 e. The Kier molecular flexibility index (Phi) is 12.0. The molecule has 0 spiro atoms. The van der Waals surface area contributed by atoms with Gasteiger partial charge in [-0.1, -0.05) is 12.2 Å². The molecule has 0 heterocycles. The van der Waals surface area contributed by atoms with Crippen LogP contribution in [0.15, 0.2) is 24.3 Å². The van der Waals surface area contributed by atoms with Crippen LogP contribution in [0.2, 0.25) is 0 Å². The number of carboxylic acids is 2. The molecule has 14 heavy (non-hydrogen) atoms. The van der Waals surface area contributed by atoms with E-state index >= 15 is 0 Å². The Morgan fingerprint density at radius 1 is 0.857 bits per heavy atom. The fourth-order valence-electron chi connectivity index (χ4n) is 0.307. The van der Waals surface area contributed by atoms with Crippen molar-refractivity contribution in [2.24, 2.45) is 0 Å². The smallest absolute Gasteiger partial charge is 0.328 e. The summed E-state index contributed by atoms with van der Waals surface area (Å²) < 4.78 is 0. The zero-order chi connectivity index (χ0) is 11.4. The first-order valence-electron chi connectivity index (χ1n) is 3.55. The van der Waals surface area contributed by atoms with Crippen LogP contribution in [0, 0.1) is 0 Å². The van der Waals surface area contributed by atoms with E-state index in [1.165, 1.54) is 0 Å². The summed E-state index contributed by atoms with van der Waals surface area (Å²) >= 11 is 0. The van der Waals surface area contributed by atoms with Crippen molar-refractivity contribution in [2.45, 2.75) is 0 Å². The Labute approximate surface area is 80.4 Å². The monoisotopic (exact) mass is 204 g/mol. The van der Waals surface area contributed by atoms with Crippen LogP contribution in [-0.4, -0.2) is 45.6 Å². The van der Waals surface area contributed by atoms with Crippen LogP contribution in [0.4, 0.5) is 0 Å². The van der Waals surface area contributed by atoms with Crippen molar-refractivity contribution >= 4 is 11.9 Å². The molecule has 0 aliphatic carbocycles. The minimum atomic E-state index is -1.03. The van der Waals surface area contributed by atoms with E-state index in [1.807, 2.05) is 0 Å². The highest BCUT2D eigenvalue weighted by molar-refractivity contribution is 5.79. The van der Waals surface area contributed by atoms with Gasteiger partial charge in [-0.05, 0) is 0 Å². The summed E-state index contributed by atoms with van der Waals surface area (Å²) in [6.07, 6.45) is 4.09. The van der Waals surface area contributed by atoms with E-state index in [0.29, 0.717) is 0 Å². The van der Waals surface area contributed by atoms with E-state index in [1.54, 1.807) is 0 Å². The third-order valence-corrected chi connectivity index (χ3v) is 0.732. The average molecular weight is 204 g/mol. The molecule has 0 bridgehead atoms. The summed E-state index contributed by atoms with van der Waals surface area (Å²) in [6.45, 7) is -0.432. The van der Waals surface area contributed by atoms with Crippen LogP contribution >= 0.6 is 0 Å². The number of aliphatic carboxylic acids is 2. The van der Waals surface area contributed by atoms with Gasteiger partial charge in [0.05, 0.1) is 13.2 Å². The molecule has 4 N–H and O–H groups in total. The zero-order valence-electron chi connectivity index (χ0n) is 7.33. The number of carboxylic acid groups (broad SMARTS) is 2. The first-order chi connectivity index (χ1) is 6.54. The fourth-order valence-corrected chi connectivity index (χ4v) is 0.307. The minimum absolute atomic E-state index is 0.216. The molecule has 0 fully saturated rings. The Balaban J connectivity index is 0. The summed E-state index contributed by atoms with van der Waals surface area (Å²) in [7, 11) is 0. The fraction of sp³-hybridized carbons (Fsp3) is 0.250. The van der Waals surface area contributed by atoms with Gasteiger partial charge in [-0.15, -0.1) is 0 Å². The van der Waals surface area contributed by atoms with Crippen molar-refractivity contribution < 1.29 is 30.0 Å². The van der Waals surface area contributed by atoms with Crippen molar-refractivity contribution in [3.8, 4) is 0 Å². The number of carbonyl (C=O) groups is 2. The molecule has 0 aliphatic heterocycles. The molecule has 0 radical (unpaired) electrons.